The highest BCUT2D eigenvalue weighted by Gasteiger charge is 2.08. The van der Waals surface area contributed by atoms with E-state index in [1.54, 1.807) is 6.92 Å². The Bertz CT molecular complexity index is 600. The van der Waals surface area contributed by atoms with Gasteiger partial charge in [-0.05, 0) is 19.1 Å². The molecule has 16 heavy (non-hydrogen) atoms. The zero-order valence-corrected chi connectivity index (χ0v) is 8.68. The largest absolute Gasteiger partial charge is 0.504 e. The van der Waals surface area contributed by atoms with Crippen LogP contribution in [0, 0.1) is 6.92 Å². The molecule has 2 aromatic heterocycles. The van der Waals surface area contributed by atoms with E-state index in [-0.39, 0.29) is 5.75 Å². The first-order chi connectivity index (χ1) is 7.74. The van der Waals surface area contributed by atoms with Crippen molar-refractivity contribution in [3.05, 3.63) is 36.2 Å². The Morgan fingerprint density at radius 3 is 2.81 bits per heavy atom. The molecule has 2 heterocycles. The molecular weight excluding hydrogens is 204 g/mol. The van der Waals surface area contributed by atoms with Crippen LogP contribution in [0.25, 0.3) is 17.0 Å². The summed E-state index contributed by atoms with van der Waals surface area (Å²) in [6.07, 6.45) is 1.53. The SMILES string of the molecule is Cc1nn(-c2nc3ccccc3[nH]2)cc1O. The lowest BCUT2D eigenvalue weighted by Gasteiger charge is -1.91. The number of hydrogen-bond acceptors (Lipinski definition) is 3. The van der Waals surface area contributed by atoms with Gasteiger partial charge < -0.3 is 10.1 Å². The van der Waals surface area contributed by atoms with Crippen molar-refractivity contribution in [2.75, 3.05) is 0 Å². The summed E-state index contributed by atoms with van der Waals surface area (Å²) in [6.45, 7) is 1.74. The third-order valence-electron chi connectivity index (χ3n) is 2.47. The van der Waals surface area contributed by atoms with E-state index in [0.29, 0.717) is 11.6 Å². The summed E-state index contributed by atoms with van der Waals surface area (Å²) in [5.41, 5.74) is 2.41. The molecule has 0 unspecified atom stereocenters. The van der Waals surface area contributed by atoms with Crippen molar-refractivity contribution >= 4 is 11.0 Å². The Hall–Kier alpha value is -2.30. The minimum Gasteiger partial charge on any atom is -0.504 e. The molecule has 0 fully saturated rings. The molecule has 0 aliphatic carbocycles. The Morgan fingerprint density at radius 1 is 1.31 bits per heavy atom. The van der Waals surface area contributed by atoms with Crippen LogP contribution >= 0.6 is 0 Å². The van der Waals surface area contributed by atoms with Gasteiger partial charge in [0, 0.05) is 0 Å². The molecule has 1 aromatic carbocycles. The van der Waals surface area contributed by atoms with Crippen LogP contribution in [-0.4, -0.2) is 24.9 Å². The molecule has 0 aliphatic rings. The molecule has 0 atom stereocenters. The summed E-state index contributed by atoms with van der Waals surface area (Å²) in [7, 11) is 0. The number of imidazole rings is 1. The molecule has 2 N–H and O–H groups in total. The molecule has 80 valence electrons. The van der Waals surface area contributed by atoms with Crippen molar-refractivity contribution in [2.45, 2.75) is 6.92 Å². The van der Waals surface area contributed by atoms with Gasteiger partial charge in [-0.15, -0.1) is 0 Å². The van der Waals surface area contributed by atoms with Crippen molar-refractivity contribution in [1.82, 2.24) is 19.7 Å². The molecule has 3 rings (SSSR count). The third kappa shape index (κ3) is 1.25. The number of para-hydroxylation sites is 2. The molecule has 5 heteroatoms. The Labute approximate surface area is 91.4 Å². The second-order valence-electron chi connectivity index (χ2n) is 3.62. The van der Waals surface area contributed by atoms with Gasteiger partial charge in [0.05, 0.1) is 17.2 Å². The molecule has 5 nitrogen and oxygen atoms in total. The molecule has 0 radical (unpaired) electrons. The third-order valence-corrected chi connectivity index (χ3v) is 2.47. The number of benzene rings is 1. The number of fused-ring (bicyclic) bond motifs is 1. The number of aromatic amines is 1. The molecule has 0 aliphatic heterocycles. The summed E-state index contributed by atoms with van der Waals surface area (Å²) < 4.78 is 1.53. The number of aromatic nitrogens is 4. The van der Waals surface area contributed by atoms with E-state index in [2.05, 4.69) is 15.1 Å². The summed E-state index contributed by atoms with van der Waals surface area (Å²) in [4.78, 5) is 7.50. The van der Waals surface area contributed by atoms with Crippen molar-refractivity contribution < 1.29 is 5.11 Å². The van der Waals surface area contributed by atoms with Crippen LogP contribution in [0.1, 0.15) is 5.69 Å². The average Bonchev–Trinajstić information content (AvgIpc) is 2.83. The minimum absolute atomic E-state index is 0.167. The number of nitrogens with one attached hydrogen (secondary N) is 1. The first-order valence-corrected chi connectivity index (χ1v) is 4.94. The quantitative estimate of drug-likeness (QED) is 0.648. The van der Waals surface area contributed by atoms with Gasteiger partial charge in [-0.25, -0.2) is 9.67 Å². The fourth-order valence-corrected chi connectivity index (χ4v) is 1.61. The Morgan fingerprint density at radius 2 is 2.12 bits per heavy atom. The predicted molar refractivity (Wildman–Crippen MR) is 59.6 cm³/mol. The monoisotopic (exact) mass is 214 g/mol. The normalized spacial score (nSPS) is 11.1. The Balaban J connectivity index is 2.18. The lowest BCUT2D eigenvalue weighted by atomic mass is 10.3. The highest BCUT2D eigenvalue weighted by Crippen LogP contribution is 2.17. The van der Waals surface area contributed by atoms with Gasteiger partial charge in [-0.2, -0.15) is 5.10 Å². The van der Waals surface area contributed by atoms with Gasteiger partial charge in [0.15, 0.2) is 5.75 Å². The number of rotatable bonds is 1. The first kappa shape index (κ1) is 8.96. The van der Waals surface area contributed by atoms with Crippen LogP contribution in [0.4, 0.5) is 0 Å². The zero-order chi connectivity index (χ0) is 11.1. The second-order valence-corrected chi connectivity index (χ2v) is 3.62. The first-order valence-electron chi connectivity index (χ1n) is 4.94. The maximum atomic E-state index is 9.45. The number of nitrogens with zero attached hydrogens (tertiary/aromatic N) is 3. The van der Waals surface area contributed by atoms with Crippen LogP contribution in [0.3, 0.4) is 0 Å². The van der Waals surface area contributed by atoms with E-state index in [4.69, 9.17) is 0 Å². The molecule has 0 saturated heterocycles. The van der Waals surface area contributed by atoms with Crippen LogP contribution < -0.4 is 0 Å². The van der Waals surface area contributed by atoms with Gasteiger partial charge in [0.1, 0.15) is 5.69 Å². The van der Waals surface area contributed by atoms with Crippen LogP contribution in [0.5, 0.6) is 5.75 Å². The van der Waals surface area contributed by atoms with Crippen molar-refractivity contribution in [3.8, 4) is 11.7 Å². The lowest BCUT2D eigenvalue weighted by Crippen LogP contribution is -1.96. The van der Waals surface area contributed by atoms with Gasteiger partial charge >= 0.3 is 0 Å². The van der Waals surface area contributed by atoms with E-state index in [1.807, 2.05) is 24.3 Å². The highest BCUT2D eigenvalue weighted by atomic mass is 16.3. The molecule has 0 saturated carbocycles. The fourth-order valence-electron chi connectivity index (χ4n) is 1.61. The van der Waals surface area contributed by atoms with E-state index < -0.39 is 0 Å². The minimum atomic E-state index is 0.167. The molecule has 0 spiro atoms. The number of hydrogen-bond donors (Lipinski definition) is 2. The molecule has 0 bridgehead atoms. The zero-order valence-electron chi connectivity index (χ0n) is 8.68. The summed E-state index contributed by atoms with van der Waals surface area (Å²) in [5.74, 6) is 0.769. The van der Waals surface area contributed by atoms with Crippen molar-refractivity contribution in [3.63, 3.8) is 0 Å². The number of aryl methyl sites for hydroxylation is 1. The topological polar surface area (TPSA) is 66.7 Å². The van der Waals surface area contributed by atoms with Crippen molar-refractivity contribution in [2.24, 2.45) is 0 Å². The molecular formula is C11H10N4O. The van der Waals surface area contributed by atoms with Crippen molar-refractivity contribution in [1.29, 1.82) is 0 Å². The van der Waals surface area contributed by atoms with E-state index in [1.165, 1.54) is 10.9 Å². The van der Waals surface area contributed by atoms with E-state index in [9.17, 15) is 5.11 Å². The van der Waals surface area contributed by atoms with E-state index in [0.717, 1.165) is 11.0 Å². The second kappa shape index (κ2) is 3.10. The number of aromatic hydroxyl groups is 1. The fraction of sp³-hybridized carbons (Fsp3) is 0.0909. The maximum absolute atomic E-state index is 9.45. The molecule has 0 amide bonds. The van der Waals surface area contributed by atoms with Crippen LogP contribution in [0.2, 0.25) is 0 Å². The standard InChI is InChI=1S/C11H10N4O/c1-7-10(16)6-15(14-7)11-12-8-4-2-3-5-9(8)13-11/h2-6,16H,1H3,(H,12,13). The highest BCUT2D eigenvalue weighted by molar-refractivity contribution is 5.75. The van der Waals surface area contributed by atoms with Crippen LogP contribution in [0.15, 0.2) is 30.5 Å². The van der Waals surface area contributed by atoms with Gasteiger partial charge in [-0.1, -0.05) is 12.1 Å². The number of H-pyrrole nitrogens is 1. The predicted octanol–water partition coefficient (Wildman–Crippen LogP) is 1.76. The summed E-state index contributed by atoms with van der Waals surface area (Å²) in [6, 6.07) is 7.74. The summed E-state index contributed by atoms with van der Waals surface area (Å²) >= 11 is 0. The smallest absolute Gasteiger partial charge is 0.229 e. The average molecular weight is 214 g/mol. The lowest BCUT2D eigenvalue weighted by molar-refractivity contribution is 0.471. The Kier molecular flexibility index (Phi) is 1.73. The maximum Gasteiger partial charge on any atom is 0.229 e. The van der Waals surface area contributed by atoms with E-state index >= 15 is 0 Å². The molecule has 3 aromatic rings. The van der Waals surface area contributed by atoms with Gasteiger partial charge in [0.25, 0.3) is 0 Å². The van der Waals surface area contributed by atoms with Crippen LogP contribution in [-0.2, 0) is 0 Å². The van der Waals surface area contributed by atoms with Gasteiger partial charge in [-0.3, -0.25) is 0 Å². The van der Waals surface area contributed by atoms with Gasteiger partial charge in [0.2, 0.25) is 5.95 Å². The summed E-state index contributed by atoms with van der Waals surface area (Å²) in [5, 5.41) is 13.6.